The maximum Gasteiger partial charge on any atom is 0.187 e. The summed E-state index contributed by atoms with van der Waals surface area (Å²) in [6.07, 6.45) is 7.82. The van der Waals surface area contributed by atoms with Crippen LogP contribution in [0.2, 0.25) is 0 Å². The molecule has 0 aliphatic heterocycles. The second-order valence-electron chi connectivity index (χ2n) is 5.27. The van der Waals surface area contributed by atoms with Gasteiger partial charge >= 0.3 is 0 Å². The summed E-state index contributed by atoms with van der Waals surface area (Å²) < 4.78 is 0. The number of nitrogens with zero attached hydrogens (tertiary/aromatic N) is 1. The van der Waals surface area contributed by atoms with Gasteiger partial charge in [-0.2, -0.15) is 0 Å². The minimum absolute atomic E-state index is 0.785. The Kier molecular flexibility index (Phi) is 7.13. The molecule has 3 nitrogen and oxygen atoms in total. The van der Waals surface area contributed by atoms with Crippen LogP contribution in [0.4, 0.5) is 5.13 Å². The minimum Gasteiger partial charge on any atom is -0.336 e. The van der Waals surface area contributed by atoms with Gasteiger partial charge < -0.3 is 11.1 Å². The SMILES string of the molecule is CC/C=C(/CCCCCN)Nc1nc(-c2ccccc2)cs1. The van der Waals surface area contributed by atoms with E-state index in [0.717, 1.165) is 42.2 Å². The quantitative estimate of drug-likeness (QED) is 0.638. The molecule has 0 bridgehead atoms. The van der Waals surface area contributed by atoms with Gasteiger partial charge in [-0.05, 0) is 32.2 Å². The number of thiazole rings is 1. The van der Waals surface area contributed by atoms with Crippen LogP contribution < -0.4 is 11.1 Å². The Balaban J connectivity index is 1.96. The van der Waals surface area contributed by atoms with Gasteiger partial charge in [0.05, 0.1) is 5.69 Å². The molecular weight excluding hydrogens is 290 g/mol. The van der Waals surface area contributed by atoms with Gasteiger partial charge in [-0.25, -0.2) is 4.98 Å². The largest absolute Gasteiger partial charge is 0.336 e. The highest BCUT2D eigenvalue weighted by atomic mass is 32.1. The maximum atomic E-state index is 5.55. The van der Waals surface area contributed by atoms with Crippen molar-refractivity contribution in [2.75, 3.05) is 11.9 Å². The Bertz CT molecular complexity index is 575. The van der Waals surface area contributed by atoms with E-state index in [2.05, 4.69) is 35.8 Å². The van der Waals surface area contributed by atoms with Crippen LogP contribution in [0.1, 0.15) is 39.0 Å². The molecule has 1 aromatic carbocycles. The first kappa shape index (κ1) is 16.7. The summed E-state index contributed by atoms with van der Waals surface area (Å²) in [5.41, 5.74) is 9.02. The van der Waals surface area contributed by atoms with Crippen molar-refractivity contribution in [3.8, 4) is 11.3 Å². The summed E-state index contributed by atoms with van der Waals surface area (Å²) in [4.78, 5) is 4.69. The average Bonchev–Trinajstić information content (AvgIpc) is 3.01. The molecule has 0 aliphatic carbocycles. The highest BCUT2D eigenvalue weighted by Gasteiger charge is 2.05. The van der Waals surface area contributed by atoms with Crippen molar-refractivity contribution in [1.29, 1.82) is 0 Å². The third-order valence-electron chi connectivity index (χ3n) is 3.44. The molecular formula is C18H25N3S. The third-order valence-corrected chi connectivity index (χ3v) is 4.20. The van der Waals surface area contributed by atoms with Gasteiger partial charge in [0.2, 0.25) is 0 Å². The summed E-state index contributed by atoms with van der Waals surface area (Å²) in [5, 5.41) is 6.56. The maximum absolute atomic E-state index is 5.55. The second kappa shape index (κ2) is 9.38. The zero-order valence-electron chi connectivity index (χ0n) is 13.2. The Hall–Kier alpha value is -1.65. The second-order valence-corrected chi connectivity index (χ2v) is 6.12. The van der Waals surface area contributed by atoms with Crippen LogP contribution in [0, 0.1) is 0 Å². The summed E-state index contributed by atoms with van der Waals surface area (Å²) in [6.45, 7) is 2.95. The Morgan fingerprint density at radius 3 is 2.77 bits per heavy atom. The highest BCUT2D eigenvalue weighted by molar-refractivity contribution is 7.14. The Morgan fingerprint density at radius 1 is 1.23 bits per heavy atom. The Morgan fingerprint density at radius 2 is 2.05 bits per heavy atom. The molecule has 4 heteroatoms. The topological polar surface area (TPSA) is 50.9 Å². The molecule has 1 aromatic heterocycles. The molecule has 0 saturated heterocycles. The van der Waals surface area contributed by atoms with Gasteiger partial charge in [-0.1, -0.05) is 49.8 Å². The van der Waals surface area contributed by atoms with Crippen LogP contribution in [-0.4, -0.2) is 11.5 Å². The van der Waals surface area contributed by atoms with E-state index in [4.69, 9.17) is 10.7 Å². The van der Waals surface area contributed by atoms with Gasteiger partial charge in [0.15, 0.2) is 5.13 Å². The molecule has 1 heterocycles. The van der Waals surface area contributed by atoms with E-state index in [1.807, 2.05) is 18.2 Å². The van der Waals surface area contributed by atoms with Crippen LogP contribution in [0.25, 0.3) is 11.3 Å². The molecule has 0 amide bonds. The monoisotopic (exact) mass is 315 g/mol. The fourth-order valence-corrected chi connectivity index (χ4v) is 3.06. The molecule has 2 aromatic rings. The van der Waals surface area contributed by atoms with E-state index in [1.54, 1.807) is 11.3 Å². The number of unbranched alkanes of at least 4 members (excludes halogenated alkanes) is 2. The molecule has 2 rings (SSSR count). The van der Waals surface area contributed by atoms with Crippen molar-refractivity contribution >= 4 is 16.5 Å². The van der Waals surface area contributed by atoms with E-state index >= 15 is 0 Å². The third kappa shape index (κ3) is 5.28. The smallest absolute Gasteiger partial charge is 0.187 e. The standard InChI is InChI=1S/C18H25N3S/c1-2-9-16(12-7-4-8-13-19)20-18-21-17(14-22-18)15-10-5-3-6-11-15/h3,5-6,9-11,14H,2,4,7-8,12-13,19H2,1H3,(H,20,21)/b16-9-. The first-order chi connectivity index (χ1) is 10.8. The lowest BCUT2D eigenvalue weighted by Crippen LogP contribution is -2.01. The molecule has 0 radical (unpaired) electrons. The van der Waals surface area contributed by atoms with Crippen LogP contribution in [0.15, 0.2) is 47.5 Å². The van der Waals surface area contributed by atoms with E-state index < -0.39 is 0 Å². The van der Waals surface area contributed by atoms with Crippen LogP contribution in [0.5, 0.6) is 0 Å². The lowest BCUT2D eigenvalue weighted by atomic mass is 10.1. The molecule has 0 atom stereocenters. The predicted molar refractivity (Wildman–Crippen MR) is 97.1 cm³/mol. The summed E-state index contributed by atoms with van der Waals surface area (Å²) in [5.74, 6) is 0. The zero-order chi connectivity index (χ0) is 15.6. The van der Waals surface area contributed by atoms with E-state index in [-0.39, 0.29) is 0 Å². The number of anilines is 1. The van der Waals surface area contributed by atoms with Crippen LogP contribution in [-0.2, 0) is 0 Å². The van der Waals surface area contributed by atoms with Gasteiger partial charge in [0, 0.05) is 16.6 Å². The molecule has 0 spiro atoms. The summed E-state index contributed by atoms with van der Waals surface area (Å²) in [6, 6.07) is 10.3. The minimum atomic E-state index is 0.785. The summed E-state index contributed by atoms with van der Waals surface area (Å²) >= 11 is 1.66. The van der Waals surface area contributed by atoms with Gasteiger partial charge in [0.1, 0.15) is 0 Å². The Labute approximate surface area is 137 Å². The number of hydrogen-bond donors (Lipinski definition) is 2. The molecule has 0 fully saturated rings. The first-order valence-corrected chi connectivity index (χ1v) is 8.88. The van der Waals surface area contributed by atoms with Crippen molar-refractivity contribution < 1.29 is 0 Å². The van der Waals surface area contributed by atoms with Crippen LogP contribution >= 0.6 is 11.3 Å². The molecule has 22 heavy (non-hydrogen) atoms. The summed E-state index contributed by atoms with van der Waals surface area (Å²) in [7, 11) is 0. The molecule has 0 saturated carbocycles. The van der Waals surface area contributed by atoms with Crippen molar-refractivity contribution in [1.82, 2.24) is 4.98 Å². The number of aromatic nitrogens is 1. The van der Waals surface area contributed by atoms with Crippen molar-refractivity contribution in [3.63, 3.8) is 0 Å². The first-order valence-electron chi connectivity index (χ1n) is 8.00. The number of benzene rings is 1. The van der Waals surface area contributed by atoms with Crippen molar-refractivity contribution in [2.24, 2.45) is 5.73 Å². The van der Waals surface area contributed by atoms with Gasteiger partial charge in [0.25, 0.3) is 0 Å². The fourth-order valence-electron chi connectivity index (χ4n) is 2.31. The number of nitrogens with one attached hydrogen (secondary N) is 1. The number of rotatable bonds is 9. The zero-order valence-corrected chi connectivity index (χ0v) is 14.0. The van der Waals surface area contributed by atoms with E-state index in [0.29, 0.717) is 0 Å². The number of hydrogen-bond acceptors (Lipinski definition) is 4. The highest BCUT2D eigenvalue weighted by Crippen LogP contribution is 2.26. The van der Waals surface area contributed by atoms with Gasteiger partial charge in [-0.3, -0.25) is 0 Å². The number of nitrogens with two attached hydrogens (primary N) is 1. The van der Waals surface area contributed by atoms with E-state index in [9.17, 15) is 0 Å². The predicted octanol–water partition coefficient (Wildman–Crippen LogP) is 5.04. The lowest BCUT2D eigenvalue weighted by Gasteiger charge is -2.08. The fraction of sp³-hybridized carbons (Fsp3) is 0.389. The lowest BCUT2D eigenvalue weighted by molar-refractivity contribution is 0.683. The van der Waals surface area contributed by atoms with Crippen molar-refractivity contribution in [3.05, 3.63) is 47.5 Å². The average molecular weight is 315 g/mol. The normalized spacial score (nSPS) is 11.6. The number of allylic oxidation sites excluding steroid dienone is 2. The van der Waals surface area contributed by atoms with Gasteiger partial charge in [-0.15, -0.1) is 11.3 Å². The molecule has 0 unspecified atom stereocenters. The van der Waals surface area contributed by atoms with Crippen LogP contribution in [0.3, 0.4) is 0 Å². The molecule has 3 N–H and O–H groups in total. The van der Waals surface area contributed by atoms with Crippen molar-refractivity contribution in [2.45, 2.75) is 39.0 Å². The molecule has 118 valence electrons. The molecule has 0 aliphatic rings. The van der Waals surface area contributed by atoms with E-state index in [1.165, 1.54) is 18.5 Å².